The summed E-state index contributed by atoms with van der Waals surface area (Å²) >= 11 is 0. The molecule has 0 bridgehead atoms. The zero-order chi connectivity index (χ0) is 15.0. The molecule has 0 aliphatic carbocycles. The van der Waals surface area contributed by atoms with Crippen molar-refractivity contribution in [2.45, 2.75) is 26.3 Å². The molecule has 1 heterocycles. The quantitative estimate of drug-likeness (QED) is 0.798. The summed E-state index contributed by atoms with van der Waals surface area (Å²) in [6, 6.07) is 14.7. The first kappa shape index (κ1) is 13.8. The molecule has 0 fully saturated rings. The third-order valence-electron chi connectivity index (χ3n) is 4.31. The van der Waals surface area contributed by atoms with Gasteiger partial charge in [-0.3, -0.25) is 4.68 Å². The van der Waals surface area contributed by atoms with Gasteiger partial charge in [0.1, 0.15) is 0 Å². The van der Waals surface area contributed by atoms with Gasteiger partial charge in [-0.05, 0) is 42.2 Å². The lowest BCUT2D eigenvalue weighted by molar-refractivity contribution is 0.711. The predicted octanol–water partition coefficient (Wildman–Crippen LogP) is 3.43. The predicted molar refractivity (Wildman–Crippen MR) is 87.3 cm³/mol. The molecule has 3 aromatic rings. The van der Waals surface area contributed by atoms with Crippen LogP contribution in [0.2, 0.25) is 0 Å². The molecule has 0 spiro atoms. The molecule has 0 saturated heterocycles. The van der Waals surface area contributed by atoms with Crippen LogP contribution in [0.3, 0.4) is 0 Å². The van der Waals surface area contributed by atoms with Gasteiger partial charge in [-0.15, -0.1) is 0 Å². The topological polar surface area (TPSA) is 43.8 Å². The van der Waals surface area contributed by atoms with E-state index in [2.05, 4.69) is 61.4 Å². The second kappa shape index (κ2) is 5.34. The van der Waals surface area contributed by atoms with Crippen LogP contribution in [0.5, 0.6) is 0 Å². The van der Waals surface area contributed by atoms with E-state index < -0.39 is 0 Å². The molecule has 21 heavy (non-hydrogen) atoms. The normalized spacial score (nSPS) is 12.8. The van der Waals surface area contributed by atoms with Crippen LogP contribution in [0, 0.1) is 13.8 Å². The van der Waals surface area contributed by atoms with E-state index in [0.29, 0.717) is 0 Å². The summed E-state index contributed by atoms with van der Waals surface area (Å²) in [5.74, 6) is 0. The molecule has 1 aromatic heterocycles. The van der Waals surface area contributed by atoms with Crippen LogP contribution in [0.25, 0.3) is 10.8 Å². The van der Waals surface area contributed by atoms with E-state index in [0.717, 1.165) is 12.1 Å². The van der Waals surface area contributed by atoms with Crippen LogP contribution in [0.1, 0.15) is 28.6 Å². The van der Waals surface area contributed by atoms with E-state index in [4.69, 9.17) is 5.73 Å². The molecular weight excluding hydrogens is 258 g/mol. The fraction of sp³-hybridized carbons (Fsp3) is 0.278. The maximum Gasteiger partial charge on any atom is 0.0629 e. The summed E-state index contributed by atoms with van der Waals surface area (Å²) in [6.07, 6.45) is 0.819. The molecule has 3 rings (SSSR count). The van der Waals surface area contributed by atoms with Crippen LogP contribution in [0.4, 0.5) is 0 Å². The third kappa shape index (κ3) is 2.45. The lowest BCUT2D eigenvalue weighted by Gasteiger charge is -2.15. The van der Waals surface area contributed by atoms with E-state index in [1.165, 1.54) is 27.6 Å². The minimum Gasteiger partial charge on any atom is -0.324 e. The molecule has 1 unspecified atom stereocenters. The first-order chi connectivity index (χ1) is 10.1. The largest absolute Gasteiger partial charge is 0.324 e. The van der Waals surface area contributed by atoms with E-state index in [1.807, 2.05) is 11.7 Å². The summed E-state index contributed by atoms with van der Waals surface area (Å²) in [5, 5.41) is 6.96. The zero-order valence-corrected chi connectivity index (χ0v) is 12.8. The van der Waals surface area contributed by atoms with Gasteiger partial charge in [0.25, 0.3) is 0 Å². The Bertz CT molecular complexity index is 781. The smallest absolute Gasteiger partial charge is 0.0629 e. The van der Waals surface area contributed by atoms with Gasteiger partial charge in [-0.1, -0.05) is 42.5 Å². The summed E-state index contributed by atoms with van der Waals surface area (Å²) in [6.45, 7) is 4.16. The summed E-state index contributed by atoms with van der Waals surface area (Å²) < 4.78 is 1.93. The number of hydrogen-bond donors (Lipinski definition) is 1. The van der Waals surface area contributed by atoms with Gasteiger partial charge >= 0.3 is 0 Å². The number of aryl methyl sites for hydroxylation is 2. The molecule has 3 heteroatoms. The molecule has 0 amide bonds. The van der Waals surface area contributed by atoms with Crippen LogP contribution < -0.4 is 5.73 Å². The highest BCUT2D eigenvalue weighted by Gasteiger charge is 2.16. The van der Waals surface area contributed by atoms with Crippen LogP contribution in [-0.4, -0.2) is 9.78 Å². The number of benzene rings is 2. The van der Waals surface area contributed by atoms with Crippen molar-refractivity contribution in [3.05, 3.63) is 65.0 Å². The summed E-state index contributed by atoms with van der Waals surface area (Å²) in [7, 11) is 1.98. The number of hydrogen-bond acceptors (Lipinski definition) is 2. The number of aromatic nitrogens is 2. The van der Waals surface area contributed by atoms with Crippen molar-refractivity contribution in [1.82, 2.24) is 9.78 Å². The monoisotopic (exact) mass is 279 g/mol. The highest BCUT2D eigenvalue weighted by atomic mass is 15.3. The maximum absolute atomic E-state index is 6.50. The van der Waals surface area contributed by atoms with Crippen molar-refractivity contribution < 1.29 is 0 Å². The van der Waals surface area contributed by atoms with Gasteiger partial charge in [0.05, 0.1) is 5.69 Å². The summed E-state index contributed by atoms with van der Waals surface area (Å²) in [4.78, 5) is 0. The average molecular weight is 279 g/mol. The lowest BCUT2D eigenvalue weighted by Crippen LogP contribution is -2.14. The number of rotatable bonds is 3. The first-order valence-corrected chi connectivity index (χ1v) is 7.30. The minimum atomic E-state index is -0.0160. The Morgan fingerprint density at radius 1 is 1.10 bits per heavy atom. The van der Waals surface area contributed by atoms with Gasteiger partial charge in [0.2, 0.25) is 0 Å². The Kier molecular flexibility index (Phi) is 3.52. The first-order valence-electron chi connectivity index (χ1n) is 7.30. The van der Waals surface area contributed by atoms with Crippen LogP contribution >= 0.6 is 0 Å². The molecule has 0 aliphatic heterocycles. The summed E-state index contributed by atoms with van der Waals surface area (Å²) in [5.41, 5.74) is 11.2. The Labute approximate surface area is 125 Å². The molecular formula is C18H21N3. The van der Waals surface area contributed by atoms with Crippen molar-refractivity contribution in [3.8, 4) is 0 Å². The highest BCUT2D eigenvalue weighted by molar-refractivity contribution is 5.86. The molecule has 0 aliphatic rings. The molecule has 108 valence electrons. The average Bonchev–Trinajstić information content (AvgIpc) is 2.73. The number of fused-ring (bicyclic) bond motifs is 1. The van der Waals surface area contributed by atoms with E-state index >= 15 is 0 Å². The second-order valence-electron chi connectivity index (χ2n) is 5.65. The van der Waals surface area contributed by atoms with Crippen molar-refractivity contribution in [2.24, 2.45) is 12.8 Å². The van der Waals surface area contributed by atoms with Crippen molar-refractivity contribution in [1.29, 1.82) is 0 Å². The van der Waals surface area contributed by atoms with Crippen LogP contribution in [-0.2, 0) is 13.5 Å². The molecule has 2 N–H and O–H groups in total. The lowest BCUT2D eigenvalue weighted by atomic mass is 9.94. The number of nitrogens with zero attached hydrogens (tertiary/aromatic N) is 2. The van der Waals surface area contributed by atoms with Gasteiger partial charge in [-0.2, -0.15) is 5.10 Å². The fourth-order valence-corrected chi connectivity index (χ4v) is 3.02. The molecule has 0 radical (unpaired) electrons. The standard InChI is InChI=1S/C18H21N3/c1-12-17(13(2)21(3)20-12)11-18(19)16-10-6-8-14-7-4-5-9-15(14)16/h4-10,18H,11,19H2,1-3H3. The van der Waals surface area contributed by atoms with Gasteiger partial charge < -0.3 is 5.73 Å². The maximum atomic E-state index is 6.50. The third-order valence-corrected chi connectivity index (χ3v) is 4.31. The molecule has 2 aromatic carbocycles. The molecule has 0 saturated carbocycles. The fourth-order valence-electron chi connectivity index (χ4n) is 3.02. The Hall–Kier alpha value is -2.13. The van der Waals surface area contributed by atoms with Gasteiger partial charge in [-0.25, -0.2) is 0 Å². The van der Waals surface area contributed by atoms with E-state index in [-0.39, 0.29) is 6.04 Å². The second-order valence-corrected chi connectivity index (χ2v) is 5.65. The van der Waals surface area contributed by atoms with Crippen molar-refractivity contribution in [3.63, 3.8) is 0 Å². The molecule has 1 atom stereocenters. The van der Waals surface area contributed by atoms with Crippen LogP contribution in [0.15, 0.2) is 42.5 Å². The minimum absolute atomic E-state index is 0.0160. The Morgan fingerprint density at radius 3 is 2.52 bits per heavy atom. The van der Waals surface area contributed by atoms with Crippen molar-refractivity contribution >= 4 is 10.8 Å². The molecule has 3 nitrogen and oxygen atoms in total. The van der Waals surface area contributed by atoms with Crippen molar-refractivity contribution in [2.75, 3.05) is 0 Å². The van der Waals surface area contributed by atoms with E-state index in [1.54, 1.807) is 0 Å². The van der Waals surface area contributed by atoms with E-state index in [9.17, 15) is 0 Å². The number of nitrogens with two attached hydrogens (primary N) is 1. The highest BCUT2D eigenvalue weighted by Crippen LogP contribution is 2.26. The Morgan fingerprint density at radius 2 is 1.81 bits per heavy atom. The SMILES string of the molecule is Cc1nn(C)c(C)c1CC(N)c1cccc2ccccc12. The zero-order valence-electron chi connectivity index (χ0n) is 12.8. The Balaban J connectivity index is 1.99. The van der Waals surface area contributed by atoms with Gasteiger partial charge in [0.15, 0.2) is 0 Å². The van der Waals surface area contributed by atoms with Gasteiger partial charge in [0, 0.05) is 18.8 Å².